The van der Waals surface area contributed by atoms with Crippen molar-refractivity contribution < 1.29 is 9.47 Å². The van der Waals surface area contributed by atoms with Gasteiger partial charge in [-0.05, 0) is 17.7 Å². The average molecular weight is 341 g/mol. The first-order valence-corrected chi connectivity index (χ1v) is 8.07. The molecule has 0 atom stereocenters. The summed E-state index contributed by atoms with van der Waals surface area (Å²) in [5.74, 6) is 1.09. The Bertz CT molecular complexity index is 461. The largest absolute Gasteiger partial charge is 0.493 e. The fraction of sp³-hybridized carbons (Fsp3) is 0.600. The van der Waals surface area contributed by atoms with Crippen LogP contribution in [0.1, 0.15) is 11.1 Å². The summed E-state index contributed by atoms with van der Waals surface area (Å²) in [4.78, 5) is 2.44. The number of morpholine rings is 1. The Hall–Kier alpha value is -0.620. The fourth-order valence-corrected chi connectivity index (χ4v) is 3.31. The monoisotopic (exact) mass is 340 g/mol. The Morgan fingerprint density at radius 3 is 2.90 bits per heavy atom. The van der Waals surface area contributed by atoms with Crippen molar-refractivity contribution in [2.75, 3.05) is 46.0 Å². The second-order valence-electron chi connectivity index (χ2n) is 5.28. The van der Waals surface area contributed by atoms with Gasteiger partial charge in [0, 0.05) is 49.2 Å². The van der Waals surface area contributed by atoms with E-state index in [4.69, 9.17) is 9.47 Å². The highest BCUT2D eigenvalue weighted by Crippen LogP contribution is 2.32. The van der Waals surface area contributed by atoms with Gasteiger partial charge in [-0.25, -0.2) is 0 Å². The molecule has 110 valence electrons. The van der Waals surface area contributed by atoms with Crippen molar-refractivity contribution in [2.45, 2.75) is 13.0 Å². The van der Waals surface area contributed by atoms with Crippen LogP contribution in [0.5, 0.6) is 5.75 Å². The van der Waals surface area contributed by atoms with E-state index in [0.717, 1.165) is 69.2 Å². The molecular weight excluding hydrogens is 320 g/mol. The van der Waals surface area contributed by atoms with Crippen molar-refractivity contribution in [3.63, 3.8) is 0 Å². The smallest absolute Gasteiger partial charge is 0.127 e. The van der Waals surface area contributed by atoms with Crippen molar-refractivity contribution in [1.29, 1.82) is 0 Å². The number of nitrogens with zero attached hydrogens (tertiary/aromatic N) is 1. The molecule has 0 spiro atoms. The molecule has 2 aliphatic heterocycles. The Balaban J connectivity index is 1.49. The molecule has 3 rings (SSSR count). The summed E-state index contributed by atoms with van der Waals surface area (Å²) in [5.41, 5.74) is 2.58. The quantitative estimate of drug-likeness (QED) is 0.829. The zero-order valence-electron chi connectivity index (χ0n) is 11.7. The SMILES string of the molecule is Brc1cc2c(c(CNCCN3CCOCC3)c1)OCC2. The van der Waals surface area contributed by atoms with E-state index in [1.165, 1.54) is 11.1 Å². The second kappa shape index (κ2) is 6.89. The van der Waals surface area contributed by atoms with Crippen LogP contribution in [0.3, 0.4) is 0 Å². The number of hydrogen-bond donors (Lipinski definition) is 1. The van der Waals surface area contributed by atoms with E-state index in [1.54, 1.807) is 0 Å². The zero-order chi connectivity index (χ0) is 13.8. The molecule has 1 N–H and O–H groups in total. The number of rotatable bonds is 5. The van der Waals surface area contributed by atoms with Crippen LogP contribution in [0, 0.1) is 0 Å². The van der Waals surface area contributed by atoms with E-state index in [9.17, 15) is 0 Å². The molecule has 1 aromatic rings. The van der Waals surface area contributed by atoms with Gasteiger partial charge in [0.1, 0.15) is 5.75 Å². The first-order valence-electron chi connectivity index (χ1n) is 7.28. The predicted octanol–water partition coefficient (Wildman–Crippen LogP) is 1.81. The highest BCUT2D eigenvalue weighted by atomic mass is 79.9. The lowest BCUT2D eigenvalue weighted by molar-refractivity contribution is 0.0384. The molecule has 2 heterocycles. The first kappa shape index (κ1) is 14.3. The zero-order valence-corrected chi connectivity index (χ0v) is 13.2. The van der Waals surface area contributed by atoms with E-state index >= 15 is 0 Å². The van der Waals surface area contributed by atoms with Gasteiger partial charge in [0.2, 0.25) is 0 Å². The van der Waals surface area contributed by atoms with Crippen molar-refractivity contribution in [3.05, 3.63) is 27.7 Å². The molecule has 0 amide bonds. The molecule has 0 saturated carbocycles. The molecule has 20 heavy (non-hydrogen) atoms. The minimum absolute atomic E-state index is 0.812. The molecule has 0 aliphatic carbocycles. The van der Waals surface area contributed by atoms with Gasteiger partial charge in [0.15, 0.2) is 0 Å². The van der Waals surface area contributed by atoms with E-state index in [0.29, 0.717) is 0 Å². The minimum Gasteiger partial charge on any atom is -0.493 e. The van der Waals surface area contributed by atoms with Gasteiger partial charge in [0.05, 0.1) is 19.8 Å². The summed E-state index contributed by atoms with van der Waals surface area (Å²) in [5, 5.41) is 3.52. The molecule has 0 aromatic heterocycles. The van der Waals surface area contributed by atoms with Gasteiger partial charge in [-0.3, -0.25) is 4.90 Å². The van der Waals surface area contributed by atoms with Gasteiger partial charge in [-0.15, -0.1) is 0 Å². The molecule has 0 unspecified atom stereocenters. The van der Waals surface area contributed by atoms with Crippen LogP contribution in [0.2, 0.25) is 0 Å². The number of ether oxygens (including phenoxy) is 2. The van der Waals surface area contributed by atoms with E-state index in [-0.39, 0.29) is 0 Å². The lowest BCUT2D eigenvalue weighted by Gasteiger charge is -2.26. The third kappa shape index (κ3) is 3.52. The van der Waals surface area contributed by atoms with Crippen LogP contribution in [0.4, 0.5) is 0 Å². The second-order valence-corrected chi connectivity index (χ2v) is 6.20. The number of benzene rings is 1. The summed E-state index contributed by atoms with van der Waals surface area (Å²) in [6.45, 7) is 7.61. The third-order valence-electron chi connectivity index (χ3n) is 3.85. The lowest BCUT2D eigenvalue weighted by atomic mass is 10.1. The topological polar surface area (TPSA) is 33.7 Å². The van der Waals surface area contributed by atoms with Crippen molar-refractivity contribution >= 4 is 15.9 Å². The summed E-state index contributed by atoms with van der Waals surface area (Å²) < 4.78 is 12.2. The Labute approximate surface area is 128 Å². The van der Waals surface area contributed by atoms with Gasteiger partial charge < -0.3 is 14.8 Å². The summed E-state index contributed by atoms with van der Waals surface area (Å²) in [6, 6.07) is 4.32. The standard InChI is InChI=1S/C15H21BrN2O2/c16-14-9-12-1-6-20-15(12)13(10-14)11-17-2-3-18-4-7-19-8-5-18/h9-10,17H,1-8,11H2. The lowest BCUT2D eigenvalue weighted by Crippen LogP contribution is -2.40. The van der Waals surface area contributed by atoms with Crippen LogP contribution in [-0.4, -0.2) is 50.9 Å². The average Bonchev–Trinajstić information content (AvgIpc) is 2.92. The maximum Gasteiger partial charge on any atom is 0.127 e. The molecule has 1 aromatic carbocycles. The van der Waals surface area contributed by atoms with E-state index in [2.05, 4.69) is 38.3 Å². The Morgan fingerprint density at radius 2 is 2.05 bits per heavy atom. The molecule has 0 radical (unpaired) electrons. The number of nitrogens with one attached hydrogen (secondary N) is 1. The predicted molar refractivity (Wildman–Crippen MR) is 82.3 cm³/mol. The Kier molecular flexibility index (Phi) is 4.94. The van der Waals surface area contributed by atoms with E-state index in [1.807, 2.05) is 0 Å². The maximum absolute atomic E-state index is 5.74. The van der Waals surface area contributed by atoms with Crippen LogP contribution in [0.15, 0.2) is 16.6 Å². The highest BCUT2D eigenvalue weighted by molar-refractivity contribution is 9.10. The summed E-state index contributed by atoms with van der Waals surface area (Å²) in [6.07, 6.45) is 1.02. The van der Waals surface area contributed by atoms with Gasteiger partial charge in [-0.2, -0.15) is 0 Å². The normalized spacial score (nSPS) is 18.9. The molecular formula is C15H21BrN2O2. The first-order chi connectivity index (χ1) is 9.83. The van der Waals surface area contributed by atoms with Crippen LogP contribution >= 0.6 is 15.9 Å². The Morgan fingerprint density at radius 1 is 1.20 bits per heavy atom. The van der Waals surface area contributed by atoms with Crippen molar-refractivity contribution in [1.82, 2.24) is 10.2 Å². The number of halogens is 1. The van der Waals surface area contributed by atoms with Crippen LogP contribution in [-0.2, 0) is 17.7 Å². The number of hydrogen-bond acceptors (Lipinski definition) is 4. The maximum atomic E-state index is 5.74. The van der Waals surface area contributed by atoms with E-state index < -0.39 is 0 Å². The molecule has 4 nitrogen and oxygen atoms in total. The minimum atomic E-state index is 0.812. The highest BCUT2D eigenvalue weighted by Gasteiger charge is 2.17. The molecule has 2 aliphatic rings. The van der Waals surface area contributed by atoms with Crippen LogP contribution < -0.4 is 10.1 Å². The van der Waals surface area contributed by atoms with Crippen LogP contribution in [0.25, 0.3) is 0 Å². The summed E-state index contributed by atoms with van der Waals surface area (Å²) >= 11 is 3.58. The van der Waals surface area contributed by atoms with Crippen molar-refractivity contribution in [2.24, 2.45) is 0 Å². The number of fused-ring (bicyclic) bond motifs is 1. The van der Waals surface area contributed by atoms with Gasteiger partial charge in [-0.1, -0.05) is 15.9 Å². The fourth-order valence-electron chi connectivity index (χ4n) is 2.76. The van der Waals surface area contributed by atoms with Gasteiger partial charge >= 0.3 is 0 Å². The molecule has 0 bridgehead atoms. The molecule has 1 fully saturated rings. The van der Waals surface area contributed by atoms with Gasteiger partial charge in [0.25, 0.3) is 0 Å². The molecule has 5 heteroatoms. The molecule has 1 saturated heterocycles. The van der Waals surface area contributed by atoms with Crippen molar-refractivity contribution in [3.8, 4) is 5.75 Å². The third-order valence-corrected chi connectivity index (χ3v) is 4.31. The summed E-state index contributed by atoms with van der Waals surface area (Å²) in [7, 11) is 0.